The lowest BCUT2D eigenvalue weighted by Crippen LogP contribution is -2.44. The van der Waals surface area contributed by atoms with E-state index in [0.717, 1.165) is 25.9 Å². The number of nitrogens with one attached hydrogen (secondary N) is 1. The highest BCUT2D eigenvalue weighted by Gasteiger charge is 2.30. The SMILES string of the molecule is Cc1ccc(S(=O)(=O)N(C)C2CCNCC2)c(F)c1.Cl. The van der Waals surface area contributed by atoms with Gasteiger partial charge in [0.25, 0.3) is 0 Å². The molecule has 0 spiro atoms. The second kappa shape index (κ2) is 6.85. The predicted molar refractivity (Wildman–Crippen MR) is 79.2 cm³/mol. The Balaban J connectivity index is 0.00000200. The van der Waals surface area contributed by atoms with Gasteiger partial charge in [-0.15, -0.1) is 12.4 Å². The van der Waals surface area contributed by atoms with Crippen LogP contribution in [0.25, 0.3) is 0 Å². The molecule has 20 heavy (non-hydrogen) atoms. The third kappa shape index (κ3) is 3.49. The summed E-state index contributed by atoms with van der Waals surface area (Å²) in [6.45, 7) is 3.32. The lowest BCUT2D eigenvalue weighted by molar-refractivity contribution is 0.295. The molecule has 7 heteroatoms. The summed E-state index contributed by atoms with van der Waals surface area (Å²) in [4.78, 5) is -0.237. The molecule has 0 radical (unpaired) electrons. The molecule has 1 heterocycles. The second-order valence-electron chi connectivity index (χ2n) is 4.94. The first kappa shape index (κ1) is 17.4. The molecule has 0 bridgehead atoms. The van der Waals surface area contributed by atoms with Gasteiger partial charge in [-0.1, -0.05) is 6.07 Å². The van der Waals surface area contributed by atoms with Crippen LogP contribution in [0, 0.1) is 12.7 Å². The van der Waals surface area contributed by atoms with E-state index in [9.17, 15) is 12.8 Å². The van der Waals surface area contributed by atoms with Crippen LogP contribution in [-0.2, 0) is 10.0 Å². The molecule has 114 valence electrons. The van der Waals surface area contributed by atoms with Gasteiger partial charge >= 0.3 is 0 Å². The molecule has 0 saturated carbocycles. The van der Waals surface area contributed by atoms with Gasteiger partial charge in [0.15, 0.2) is 0 Å². The van der Waals surface area contributed by atoms with E-state index in [1.807, 2.05) is 0 Å². The molecule has 1 saturated heterocycles. The first-order valence-corrected chi connectivity index (χ1v) is 7.82. The zero-order chi connectivity index (χ0) is 14.0. The van der Waals surface area contributed by atoms with Gasteiger partial charge in [-0.05, 0) is 50.6 Å². The average molecular weight is 323 g/mol. The van der Waals surface area contributed by atoms with Crippen molar-refractivity contribution in [3.63, 3.8) is 0 Å². The quantitative estimate of drug-likeness (QED) is 0.925. The number of hydrogen-bond acceptors (Lipinski definition) is 3. The van der Waals surface area contributed by atoms with Crippen LogP contribution in [0.4, 0.5) is 4.39 Å². The molecule has 0 atom stereocenters. The molecule has 0 amide bonds. The Bertz CT molecular complexity index is 559. The van der Waals surface area contributed by atoms with Crippen LogP contribution in [0.2, 0.25) is 0 Å². The van der Waals surface area contributed by atoms with Gasteiger partial charge < -0.3 is 5.32 Å². The fourth-order valence-electron chi connectivity index (χ4n) is 2.34. The molecule has 1 aromatic rings. The molecule has 0 aromatic heterocycles. The fraction of sp³-hybridized carbons (Fsp3) is 0.538. The topological polar surface area (TPSA) is 49.4 Å². The monoisotopic (exact) mass is 322 g/mol. The highest BCUT2D eigenvalue weighted by atomic mass is 35.5. The number of benzene rings is 1. The molecule has 1 N–H and O–H groups in total. The summed E-state index contributed by atoms with van der Waals surface area (Å²) in [6.07, 6.45) is 1.51. The maximum absolute atomic E-state index is 13.9. The molecule has 0 unspecified atom stereocenters. The van der Waals surface area contributed by atoms with Crippen molar-refractivity contribution in [1.82, 2.24) is 9.62 Å². The Labute approximate surface area is 125 Å². The van der Waals surface area contributed by atoms with E-state index in [0.29, 0.717) is 5.56 Å². The number of halogens is 2. The number of aryl methyl sites for hydroxylation is 1. The molecule has 0 aliphatic carbocycles. The Morgan fingerprint density at radius 1 is 1.30 bits per heavy atom. The van der Waals surface area contributed by atoms with E-state index in [1.54, 1.807) is 13.0 Å². The van der Waals surface area contributed by atoms with E-state index in [-0.39, 0.29) is 23.3 Å². The van der Waals surface area contributed by atoms with Crippen molar-refractivity contribution in [3.05, 3.63) is 29.6 Å². The van der Waals surface area contributed by atoms with Crippen molar-refractivity contribution in [3.8, 4) is 0 Å². The van der Waals surface area contributed by atoms with Crippen LogP contribution in [-0.4, -0.2) is 38.9 Å². The van der Waals surface area contributed by atoms with E-state index in [1.165, 1.54) is 23.5 Å². The minimum absolute atomic E-state index is 0. The Kier molecular flexibility index (Phi) is 5.94. The van der Waals surface area contributed by atoms with E-state index >= 15 is 0 Å². The Morgan fingerprint density at radius 3 is 2.45 bits per heavy atom. The van der Waals surface area contributed by atoms with E-state index in [2.05, 4.69) is 5.32 Å². The lowest BCUT2D eigenvalue weighted by Gasteiger charge is -2.30. The first-order chi connectivity index (χ1) is 8.93. The van der Waals surface area contributed by atoms with Crippen LogP contribution < -0.4 is 5.32 Å². The van der Waals surface area contributed by atoms with Crippen LogP contribution >= 0.6 is 12.4 Å². The third-order valence-electron chi connectivity index (χ3n) is 3.57. The van der Waals surface area contributed by atoms with Gasteiger partial charge in [0.1, 0.15) is 10.7 Å². The van der Waals surface area contributed by atoms with Gasteiger partial charge in [0, 0.05) is 13.1 Å². The van der Waals surface area contributed by atoms with Crippen LogP contribution in [0.5, 0.6) is 0 Å². The minimum Gasteiger partial charge on any atom is -0.317 e. The molecule has 1 aliphatic rings. The van der Waals surface area contributed by atoms with E-state index < -0.39 is 15.8 Å². The standard InChI is InChI=1S/C13H19FN2O2S.ClH/c1-10-3-4-13(12(14)9-10)19(17,18)16(2)11-5-7-15-8-6-11;/h3-4,9,11,15H,5-8H2,1-2H3;1H. The van der Waals surface area contributed by atoms with Gasteiger partial charge in [-0.25, -0.2) is 12.8 Å². The molecule has 1 aliphatic heterocycles. The molecule has 4 nitrogen and oxygen atoms in total. The predicted octanol–water partition coefficient (Wildman–Crippen LogP) is 1.93. The highest BCUT2D eigenvalue weighted by molar-refractivity contribution is 7.89. The number of nitrogens with zero attached hydrogens (tertiary/aromatic N) is 1. The summed E-state index contributed by atoms with van der Waals surface area (Å²) in [7, 11) is -2.22. The van der Waals surface area contributed by atoms with E-state index in [4.69, 9.17) is 0 Å². The van der Waals surface area contributed by atoms with Crippen LogP contribution in [0.15, 0.2) is 23.1 Å². The van der Waals surface area contributed by atoms with Crippen molar-refractivity contribution >= 4 is 22.4 Å². The van der Waals surface area contributed by atoms with Crippen molar-refractivity contribution in [2.24, 2.45) is 0 Å². The molecule has 1 aromatic carbocycles. The van der Waals surface area contributed by atoms with Crippen molar-refractivity contribution in [2.75, 3.05) is 20.1 Å². The number of piperidine rings is 1. The molecular formula is C13H20ClFN2O2S. The smallest absolute Gasteiger partial charge is 0.245 e. The minimum atomic E-state index is -3.76. The zero-order valence-electron chi connectivity index (χ0n) is 11.6. The summed E-state index contributed by atoms with van der Waals surface area (Å²) in [5.41, 5.74) is 0.709. The van der Waals surface area contributed by atoms with Crippen LogP contribution in [0.1, 0.15) is 18.4 Å². The first-order valence-electron chi connectivity index (χ1n) is 6.38. The highest BCUT2D eigenvalue weighted by Crippen LogP contribution is 2.23. The van der Waals surface area contributed by atoms with Crippen molar-refractivity contribution in [2.45, 2.75) is 30.7 Å². The van der Waals surface area contributed by atoms with Gasteiger partial charge in [0.2, 0.25) is 10.0 Å². The third-order valence-corrected chi connectivity index (χ3v) is 5.51. The Hall–Kier alpha value is -0.690. The maximum atomic E-state index is 13.9. The number of hydrogen-bond donors (Lipinski definition) is 1. The molecule has 2 rings (SSSR count). The molecule has 1 fully saturated rings. The lowest BCUT2D eigenvalue weighted by atomic mass is 10.1. The fourth-order valence-corrected chi connectivity index (χ4v) is 3.80. The number of rotatable bonds is 3. The summed E-state index contributed by atoms with van der Waals surface area (Å²) >= 11 is 0. The zero-order valence-corrected chi connectivity index (χ0v) is 13.2. The summed E-state index contributed by atoms with van der Waals surface area (Å²) in [6, 6.07) is 4.15. The summed E-state index contributed by atoms with van der Waals surface area (Å²) in [5.74, 6) is -0.680. The largest absolute Gasteiger partial charge is 0.317 e. The second-order valence-corrected chi connectivity index (χ2v) is 6.90. The summed E-state index contributed by atoms with van der Waals surface area (Å²) < 4.78 is 40.0. The average Bonchev–Trinajstić information content (AvgIpc) is 2.38. The molecular weight excluding hydrogens is 303 g/mol. The number of sulfonamides is 1. The Morgan fingerprint density at radius 2 is 1.90 bits per heavy atom. The summed E-state index contributed by atoms with van der Waals surface area (Å²) in [5, 5.41) is 3.18. The normalized spacial score (nSPS) is 17.0. The van der Waals surface area contributed by atoms with Crippen LogP contribution in [0.3, 0.4) is 0 Å². The maximum Gasteiger partial charge on any atom is 0.245 e. The van der Waals surface area contributed by atoms with Gasteiger partial charge in [0.05, 0.1) is 0 Å². The van der Waals surface area contributed by atoms with Crippen molar-refractivity contribution in [1.29, 1.82) is 0 Å². The van der Waals surface area contributed by atoms with Crippen molar-refractivity contribution < 1.29 is 12.8 Å². The van der Waals surface area contributed by atoms with Gasteiger partial charge in [-0.2, -0.15) is 4.31 Å². The van der Waals surface area contributed by atoms with Gasteiger partial charge in [-0.3, -0.25) is 0 Å².